The molecule has 5 atom stereocenters. The number of carboxylic acid groups (broad SMARTS) is 2. The van der Waals surface area contributed by atoms with Gasteiger partial charge in [-0.3, -0.25) is 24.0 Å². The third-order valence-corrected chi connectivity index (χ3v) is 4.89. The summed E-state index contributed by atoms with van der Waals surface area (Å²) in [7, 11) is 0. The molecule has 0 fully saturated rings. The van der Waals surface area contributed by atoms with Gasteiger partial charge in [0, 0.05) is 12.8 Å². The average molecular weight is 460 g/mol. The third-order valence-electron chi connectivity index (χ3n) is 4.89. The zero-order valence-corrected chi connectivity index (χ0v) is 18.4. The summed E-state index contributed by atoms with van der Waals surface area (Å²) in [4.78, 5) is 70.2. The van der Waals surface area contributed by atoms with Gasteiger partial charge in [0.1, 0.15) is 18.1 Å². The Morgan fingerprint density at radius 3 is 1.81 bits per heavy atom. The van der Waals surface area contributed by atoms with Gasteiger partial charge >= 0.3 is 11.9 Å². The van der Waals surface area contributed by atoms with Gasteiger partial charge in [0.2, 0.25) is 23.6 Å². The topological polar surface area (TPSA) is 231 Å². The van der Waals surface area contributed by atoms with Crippen LogP contribution < -0.4 is 27.4 Å². The highest BCUT2D eigenvalue weighted by Crippen LogP contribution is 2.07. The van der Waals surface area contributed by atoms with Gasteiger partial charge in [0.05, 0.1) is 6.04 Å². The van der Waals surface area contributed by atoms with Crippen molar-refractivity contribution in [3.63, 3.8) is 0 Å². The quantitative estimate of drug-likeness (QED) is 0.144. The van der Waals surface area contributed by atoms with E-state index in [0.717, 1.165) is 0 Å². The van der Waals surface area contributed by atoms with E-state index in [0.29, 0.717) is 6.42 Å². The molecule has 0 rings (SSSR count). The number of amides is 4. The maximum atomic E-state index is 12.6. The Hall–Kier alpha value is -3.22. The number of nitrogens with two attached hydrogens (primary N) is 2. The van der Waals surface area contributed by atoms with E-state index in [4.69, 9.17) is 21.7 Å². The normalized spacial score (nSPS) is 15.4. The fourth-order valence-electron chi connectivity index (χ4n) is 2.54. The molecule has 4 amide bonds. The van der Waals surface area contributed by atoms with Crippen LogP contribution in [0.1, 0.15) is 52.9 Å². The molecule has 13 heteroatoms. The second-order valence-corrected chi connectivity index (χ2v) is 7.54. The first-order valence-corrected chi connectivity index (χ1v) is 10.2. The highest BCUT2D eigenvalue weighted by molar-refractivity contribution is 5.94. The van der Waals surface area contributed by atoms with Gasteiger partial charge in [-0.25, -0.2) is 4.79 Å². The van der Waals surface area contributed by atoms with Crippen LogP contribution in [0.4, 0.5) is 0 Å². The van der Waals surface area contributed by atoms with Crippen molar-refractivity contribution in [1.82, 2.24) is 16.0 Å². The van der Waals surface area contributed by atoms with Crippen LogP contribution in [0.2, 0.25) is 0 Å². The van der Waals surface area contributed by atoms with Crippen LogP contribution in [-0.4, -0.2) is 69.9 Å². The summed E-state index contributed by atoms with van der Waals surface area (Å²) in [5.74, 6) is -5.79. The molecule has 9 N–H and O–H groups in total. The van der Waals surface area contributed by atoms with Crippen LogP contribution in [0, 0.1) is 5.92 Å². The first-order valence-electron chi connectivity index (χ1n) is 10.2. The van der Waals surface area contributed by atoms with Crippen LogP contribution in [0.5, 0.6) is 0 Å². The summed E-state index contributed by atoms with van der Waals surface area (Å²) in [6, 6.07) is -4.78. The maximum absolute atomic E-state index is 12.6. The van der Waals surface area contributed by atoms with Gasteiger partial charge < -0.3 is 37.6 Å². The van der Waals surface area contributed by atoms with Gasteiger partial charge in [-0.15, -0.1) is 0 Å². The number of carbonyl (C=O) groups is 6. The number of primary amides is 1. The molecule has 0 aliphatic heterocycles. The molecule has 0 aromatic rings. The summed E-state index contributed by atoms with van der Waals surface area (Å²) >= 11 is 0. The predicted molar refractivity (Wildman–Crippen MR) is 112 cm³/mol. The number of aliphatic carboxylic acids is 2. The molecule has 0 aromatic carbocycles. The highest BCUT2D eigenvalue weighted by Gasteiger charge is 2.29. The molecule has 0 saturated heterocycles. The molecule has 0 saturated carbocycles. The van der Waals surface area contributed by atoms with Crippen molar-refractivity contribution in [3.05, 3.63) is 0 Å². The lowest BCUT2D eigenvalue weighted by atomic mass is 9.98. The lowest BCUT2D eigenvalue weighted by molar-refractivity contribution is -0.143. The third kappa shape index (κ3) is 10.7. The summed E-state index contributed by atoms with van der Waals surface area (Å²) in [5, 5.41) is 24.7. The largest absolute Gasteiger partial charge is 0.481 e. The van der Waals surface area contributed by atoms with Crippen LogP contribution in [0.15, 0.2) is 0 Å². The lowest BCUT2D eigenvalue weighted by Crippen LogP contribution is -2.57. The van der Waals surface area contributed by atoms with Gasteiger partial charge in [-0.2, -0.15) is 0 Å². The zero-order valence-electron chi connectivity index (χ0n) is 18.4. The number of hydrogen-bond donors (Lipinski definition) is 7. The van der Waals surface area contributed by atoms with E-state index >= 15 is 0 Å². The van der Waals surface area contributed by atoms with Gasteiger partial charge in [0.25, 0.3) is 0 Å². The lowest BCUT2D eigenvalue weighted by Gasteiger charge is -2.24. The summed E-state index contributed by atoms with van der Waals surface area (Å²) in [6.07, 6.45) is -0.549. The van der Waals surface area contributed by atoms with Gasteiger partial charge in [0.15, 0.2) is 0 Å². The van der Waals surface area contributed by atoms with E-state index in [9.17, 15) is 28.8 Å². The number of carbonyl (C=O) groups excluding carboxylic acids is 4. The monoisotopic (exact) mass is 459 g/mol. The summed E-state index contributed by atoms with van der Waals surface area (Å²) < 4.78 is 0. The Kier molecular flexibility index (Phi) is 12.6. The fraction of sp³-hybridized carbons (Fsp3) is 0.684. The van der Waals surface area contributed by atoms with Crippen molar-refractivity contribution in [2.24, 2.45) is 17.4 Å². The molecular formula is C19H33N5O8. The molecule has 0 radical (unpaired) electrons. The molecule has 0 aliphatic rings. The second-order valence-electron chi connectivity index (χ2n) is 7.54. The van der Waals surface area contributed by atoms with Crippen LogP contribution in [0.3, 0.4) is 0 Å². The minimum atomic E-state index is -1.46. The Labute approximate surface area is 185 Å². The SMILES string of the molecule is CCC(C)C(N)C(=O)NC(CCC(N)=O)C(=O)NC(C)C(=O)NC(CCC(=O)O)C(=O)O. The van der Waals surface area contributed by atoms with Crippen LogP contribution >= 0.6 is 0 Å². The molecular weight excluding hydrogens is 426 g/mol. The minimum Gasteiger partial charge on any atom is -0.481 e. The predicted octanol–water partition coefficient (Wildman–Crippen LogP) is -1.95. The van der Waals surface area contributed by atoms with E-state index in [-0.39, 0.29) is 25.2 Å². The summed E-state index contributed by atoms with van der Waals surface area (Å²) in [6.45, 7) is 4.88. The molecule has 182 valence electrons. The van der Waals surface area contributed by atoms with Gasteiger partial charge in [-0.05, 0) is 25.7 Å². The Morgan fingerprint density at radius 1 is 0.812 bits per heavy atom. The molecule has 0 aromatic heterocycles. The number of nitrogens with one attached hydrogen (secondary N) is 3. The fourth-order valence-corrected chi connectivity index (χ4v) is 2.54. The van der Waals surface area contributed by atoms with Crippen molar-refractivity contribution in [2.75, 3.05) is 0 Å². The van der Waals surface area contributed by atoms with E-state index in [2.05, 4.69) is 16.0 Å². The Balaban J connectivity index is 5.16. The molecule has 0 bridgehead atoms. The molecule has 0 heterocycles. The van der Waals surface area contributed by atoms with Gasteiger partial charge in [-0.1, -0.05) is 20.3 Å². The smallest absolute Gasteiger partial charge is 0.326 e. The summed E-state index contributed by atoms with van der Waals surface area (Å²) in [5.41, 5.74) is 11.0. The number of carboxylic acids is 2. The van der Waals surface area contributed by atoms with E-state index < -0.39 is 66.2 Å². The average Bonchev–Trinajstić information content (AvgIpc) is 2.71. The van der Waals surface area contributed by atoms with E-state index in [1.54, 1.807) is 6.92 Å². The standard InChI is InChI=1S/C19H33N5O8/c1-4-9(2)15(21)18(30)23-11(5-7-13(20)25)17(29)22-10(3)16(28)24-12(19(31)32)6-8-14(26)27/h9-12,15H,4-8,21H2,1-3H3,(H2,20,25)(H,22,29)(H,23,30)(H,24,28)(H,26,27)(H,31,32). The number of hydrogen-bond acceptors (Lipinski definition) is 7. The Morgan fingerprint density at radius 2 is 1.34 bits per heavy atom. The Bertz CT molecular complexity index is 714. The van der Waals surface area contributed by atoms with E-state index in [1.165, 1.54) is 6.92 Å². The zero-order chi connectivity index (χ0) is 25.0. The van der Waals surface area contributed by atoms with Crippen molar-refractivity contribution < 1.29 is 39.0 Å². The first kappa shape index (κ1) is 28.8. The minimum absolute atomic E-state index is 0.134. The van der Waals surface area contributed by atoms with E-state index in [1.807, 2.05) is 6.92 Å². The number of rotatable bonds is 15. The van der Waals surface area contributed by atoms with Crippen molar-refractivity contribution in [2.45, 2.75) is 77.0 Å². The highest BCUT2D eigenvalue weighted by atomic mass is 16.4. The molecule has 0 spiro atoms. The van der Waals surface area contributed by atoms with Crippen molar-refractivity contribution in [1.29, 1.82) is 0 Å². The van der Waals surface area contributed by atoms with Crippen LogP contribution in [0.25, 0.3) is 0 Å². The van der Waals surface area contributed by atoms with Crippen LogP contribution in [-0.2, 0) is 28.8 Å². The van der Waals surface area contributed by atoms with Crippen molar-refractivity contribution in [3.8, 4) is 0 Å². The molecule has 32 heavy (non-hydrogen) atoms. The van der Waals surface area contributed by atoms with Crippen molar-refractivity contribution >= 4 is 35.6 Å². The second kappa shape index (κ2) is 14.0. The molecule has 0 aliphatic carbocycles. The maximum Gasteiger partial charge on any atom is 0.326 e. The molecule has 13 nitrogen and oxygen atoms in total. The molecule has 5 unspecified atom stereocenters. The first-order chi connectivity index (χ1) is 14.8.